The van der Waals surface area contributed by atoms with E-state index < -0.39 is 11.9 Å². The van der Waals surface area contributed by atoms with Crippen molar-refractivity contribution in [1.82, 2.24) is 0 Å². The Morgan fingerprint density at radius 1 is 1.35 bits per heavy atom. The fourth-order valence-electron chi connectivity index (χ4n) is 1.61. The molecule has 0 saturated heterocycles. The van der Waals surface area contributed by atoms with Gasteiger partial charge in [0.15, 0.2) is 0 Å². The average molecular weight is 255 g/mol. The predicted octanol–water partition coefficient (Wildman–Crippen LogP) is 3.66. The molecule has 1 aromatic carbocycles. The summed E-state index contributed by atoms with van der Waals surface area (Å²) in [4.78, 5) is 0. The monoisotopic (exact) mass is 254 g/mol. The van der Waals surface area contributed by atoms with E-state index in [-0.39, 0.29) is 0 Å². The van der Waals surface area contributed by atoms with Gasteiger partial charge in [-0.1, -0.05) is 11.6 Å². The predicted molar refractivity (Wildman–Crippen MR) is 64.5 cm³/mol. The zero-order chi connectivity index (χ0) is 12.4. The molecular weight excluding hydrogens is 243 g/mol. The zero-order valence-electron chi connectivity index (χ0n) is 9.28. The van der Waals surface area contributed by atoms with Gasteiger partial charge in [0.25, 0.3) is 0 Å². The highest BCUT2D eigenvalue weighted by Gasteiger charge is 2.11. The van der Waals surface area contributed by atoms with Crippen LogP contribution in [0.2, 0.25) is 5.02 Å². The van der Waals surface area contributed by atoms with Crippen molar-refractivity contribution in [2.24, 2.45) is 0 Å². The molecule has 17 heavy (non-hydrogen) atoms. The van der Waals surface area contributed by atoms with E-state index in [1.165, 1.54) is 6.07 Å². The lowest BCUT2D eigenvalue weighted by Crippen LogP contribution is -2.02. The molecule has 0 spiro atoms. The molecule has 0 aliphatic heterocycles. The van der Waals surface area contributed by atoms with Gasteiger partial charge in [-0.3, -0.25) is 0 Å². The molecule has 1 aromatic heterocycles. The summed E-state index contributed by atoms with van der Waals surface area (Å²) in [6.07, 6.45) is -0.0704. The number of furan rings is 1. The molecule has 1 unspecified atom stereocenters. The molecule has 0 aliphatic carbocycles. The van der Waals surface area contributed by atoms with Crippen LogP contribution in [-0.4, -0.2) is 11.2 Å². The Hall–Kier alpha value is -1.32. The third-order valence-corrected chi connectivity index (χ3v) is 2.59. The number of rotatable bonds is 3. The van der Waals surface area contributed by atoms with Gasteiger partial charge in [-0.25, -0.2) is 4.39 Å². The molecule has 0 saturated carbocycles. The number of halogens is 2. The van der Waals surface area contributed by atoms with Crippen molar-refractivity contribution in [2.75, 3.05) is 0 Å². The normalized spacial score (nSPS) is 12.7. The van der Waals surface area contributed by atoms with E-state index in [9.17, 15) is 9.50 Å². The Bertz CT molecular complexity index is 520. The third-order valence-electron chi connectivity index (χ3n) is 2.35. The van der Waals surface area contributed by atoms with Crippen LogP contribution in [0.1, 0.15) is 12.7 Å². The summed E-state index contributed by atoms with van der Waals surface area (Å²) < 4.78 is 19.1. The Labute approximate surface area is 104 Å². The lowest BCUT2D eigenvalue weighted by atomic mass is 10.1. The van der Waals surface area contributed by atoms with Crippen LogP contribution in [0.4, 0.5) is 4.39 Å². The van der Waals surface area contributed by atoms with E-state index in [1.54, 1.807) is 31.2 Å². The van der Waals surface area contributed by atoms with Gasteiger partial charge in [0, 0.05) is 11.4 Å². The maximum Gasteiger partial charge on any atom is 0.137 e. The standard InChI is InChI=1S/C13H12ClFO2/c1-8(16)6-10-3-5-13(17-10)11-4-2-9(14)7-12(11)15/h2-5,7-8,16H,6H2,1H3. The van der Waals surface area contributed by atoms with Crippen LogP contribution in [0.5, 0.6) is 0 Å². The molecule has 0 fully saturated rings. The van der Waals surface area contributed by atoms with Crippen molar-refractivity contribution in [3.05, 3.63) is 46.9 Å². The summed E-state index contributed by atoms with van der Waals surface area (Å²) in [5, 5.41) is 9.57. The molecule has 90 valence electrons. The van der Waals surface area contributed by atoms with E-state index in [4.69, 9.17) is 16.0 Å². The first-order valence-corrected chi connectivity index (χ1v) is 5.66. The van der Waals surface area contributed by atoms with Gasteiger partial charge in [-0.2, -0.15) is 0 Å². The van der Waals surface area contributed by atoms with Gasteiger partial charge in [0.05, 0.1) is 11.7 Å². The fraction of sp³-hybridized carbons (Fsp3) is 0.231. The molecule has 1 atom stereocenters. The smallest absolute Gasteiger partial charge is 0.137 e. The fourth-order valence-corrected chi connectivity index (χ4v) is 1.77. The summed E-state index contributed by atoms with van der Waals surface area (Å²) in [5.74, 6) is 0.648. The molecule has 0 amide bonds. The van der Waals surface area contributed by atoms with E-state index in [1.807, 2.05) is 0 Å². The first-order valence-electron chi connectivity index (χ1n) is 5.28. The van der Waals surface area contributed by atoms with Gasteiger partial charge in [-0.15, -0.1) is 0 Å². The lowest BCUT2D eigenvalue weighted by molar-refractivity contribution is 0.187. The van der Waals surface area contributed by atoms with Crippen LogP contribution in [-0.2, 0) is 6.42 Å². The maximum absolute atomic E-state index is 13.6. The molecule has 0 radical (unpaired) electrons. The Morgan fingerprint density at radius 3 is 2.76 bits per heavy atom. The second-order valence-electron chi connectivity index (χ2n) is 3.94. The molecule has 4 heteroatoms. The zero-order valence-corrected chi connectivity index (χ0v) is 10.0. The maximum atomic E-state index is 13.6. The van der Waals surface area contributed by atoms with Crippen LogP contribution in [0.25, 0.3) is 11.3 Å². The summed E-state index contributed by atoms with van der Waals surface area (Å²) >= 11 is 5.67. The van der Waals surface area contributed by atoms with Crippen molar-refractivity contribution < 1.29 is 13.9 Å². The Morgan fingerprint density at radius 2 is 2.12 bits per heavy atom. The minimum Gasteiger partial charge on any atom is -0.461 e. The molecule has 0 bridgehead atoms. The highest BCUT2D eigenvalue weighted by atomic mass is 35.5. The first kappa shape index (κ1) is 12.1. The number of aliphatic hydroxyl groups excluding tert-OH is 1. The van der Waals surface area contributed by atoms with Gasteiger partial charge < -0.3 is 9.52 Å². The van der Waals surface area contributed by atoms with Crippen LogP contribution in [0, 0.1) is 5.82 Å². The Balaban J connectivity index is 2.30. The molecule has 0 aliphatic rings. The van der Waals surface area contributed by atoms with E-state index in [2.05, 4.69) is 0 Å². The molecular formula is C13H12ClFO2. The molecule has 1 N–H and O–H groups in total. The van der Waals surface area contributed by atoms with Crippen molar-refractivity contribution in [1.29, 1.82) is 0 Å². The lowest BCUT2D eigenvalue weighted by Gasteiger charge is -2.01. The van der Waals surface area contributed by atoms with E-state index in [0.29, 0.717) is 28.5 Å². The van der Waals surface area contributed by atoms with E-state index in [0.717, 1.165) is 0 Å². The summed E-state index contributed by atoms with van der Waals surface area (Å²) in [6, 6.07) is 7.84. The minimum absolute atomic E-state index is 0.349. The average Bonchev–Trinajstić information content (AvgIpc) is 2.65. The molecule has 1 heterocycles. The molecule has 2 rings (SSSR count). The van der Waals surface area contributed by atoms with Crippen LogP contribution in [0.15, 0.2) is 34.7 Å². The second-order valence-corrected chi connectivity index (χ2v) is 4.38. The summed E-state index contributed by atoms with van der Waals surface area (Å²) in [7, 11) is 0. The summed E-state index contributed by atoms with van der Waals surface area (Å²) in [5.41, 5.74) is 0.367. The highest BCUT2D eigenvalue weighted by molar-refractivity contribution is 6.30. The third kappa shape index (κ3) is 2.87. The molecule has 2 nitrogen and oxygen atoms in total. The van der Waals surface area contributed by atoms with Gasteiger partial charge in [0.2, 0.25) is 0 Å². The van der Waals surface area contributed by atoms with Gasteiger partial charge in [-0.05, 0) is 37.3 Å². The Kier molecular flexibility index (Phi) is 3.50. The second kappa shape index (κ2) is 4.90. The quantitative estimate of drug-likeness (QED) is 0.907. The van der Waals surface area contributed by atoms with Gasteiger partial charge in [0.1, 0.15) is 17.3 Å². The number of benzene rings is 1. The van der Waals surface area contributed by atoms with Crippen molar-refractivity contribution >= 4 is 11.6 Å². The van der Waals surface area contributed by atoms with Crippen molar-refractivity contribution in [3.8, 4) is 11.3 Å². The minimum atomic E-state index is -0.482. The molecule has 2 aromatic rings. The van der Waals surface area contributed by atoms with E-state index >= 15 is 0 Å². The van der Waals surface area contributed by atoms with Crippen LogP contribution in [0.3, 0.4) is 0 Å². The van der Waals surface area contributed by atoms with Crippen LogP contribution >= 0.6 is 11.6 Å². The van der Waals surface area contributed by atoms with Crippen molar-refractivity contribution in [2.45, 2.75) is 19.4 Å². The van der Waals surface area contributed by atoms with Crippen molar-refractivity contribution in [3.63, 3.8) is 0 Å². The van der Waals surface area contributed by atoms with Crippen LogP contribution < -0.4 is 0 Å². The first-order chi connectivity index (χ1) is 8.06. The number of hydrogen-bond donors (Lipinski definition) is 1. The number of hydrogen-bond acceptors (Lipinski definition) is 2. The van der Waals surface area contributed by atoms with Gasteiger partial charge >= 0.3 is 0 Å². The topological polar surface area (TPSA) is 33.4 Å². The summed E-state index contributed by atoms with van der Waals surface area (Å²) in [6.45, 7) is 1.67. The largest absolute Gasteiger partial charge is 0.461 e. The SMILES string of the molecule is CC(O)Cc1ccc(-c2ccc(Cl)cc2F)o1. The highest BCUT2D eigenvalue weighted by Crippen LogP contribution is 2.27. The number of aliphatic hydroxyl groups is 1.